The number of aromatic nitrogens is 2. The normalized spacial score (nSPS) is 12.7. The van der Waals surface area contributed by atoms with Crippen LogP contribution in [0.1, 0.15) is 25.0 Å². The number of hydrogen-bond acceptors (Lipinski definition) is 2. The molecule has 2 heteroatoms. The predicted octanol–water partition coefficient (Wildman–Crippen LogP) is 13.9. The molecule has 10 rings (SSSR count). The van der Waals surface area contributed by atoms with Gasteiger partial charge in [0.15, 0.2) is 5.82 Å². The quantitative estimate of drug-likeness (QED) is 0.172. The molecule has 0 amide bonds. The van der Waals surface area contributed by atoms with Crippen LogP contribution in [0.25, 0.3) is 89.2 Å². The minimum absolute atomic E-state index is 0.0971. The van der Waals surface area contributed by atoms with Crippen LogP contribution < -0.4 is 0 Å². The Balaban J connectivity index is 1.08. The van der Waals surface area contributed by atoms with E-state index in [9.17, 15) is 0 Å². The topological polar surface area (TPSA) is 25.8 Å². The van der Waals surface area contributed by atoms with E-state index in [0.29, 0.717) is 5.82 Å². The van der Waals surface area contributed by atoms with E-state index in [0.717, 1.165) is 39.2 Å². The van der Waals surface area contributed by atoms with Gasteiger partial charge in [0.2, 0.25) is 0 Å². The number of fused-ring (bicyclic) bond motifs is 4. The van der Waals surface area contributed by atoms with Crippen molar-refractivity contribution in [1.82, 2.24) is 9.97 Å². The van der Waals surface area contributed by atoms with Crippen LogP contribution in [0.4, 0.5) is 0 Å². The first-order chi connectivity index (χ1) is 27.0. The lowest BCUT2D eigenvalue weighted by Crippen LogP contribution is -2.15. The van der Waals surface area contributed by atoms with Crippen molar-refractivity contribution < 1.29 is 0 Å². The summed E-state index contributed by atoms with van der Waals surface area (Å²) in [4.78, 5) is 10.1. The first-order valence-electron chi connectivity index (χ1n) is 19.0. The van der Waals surface area contributed by atoms with E-state index >= 15 is 0 Å². The predicted molar refractivity (Wildman–Crippen MR) is 230 cm³/mol. The highest BCUT2D eigenvalue weighted by Gasteiger charge is 2.36. The van der Waals surface area contributed by atoms with E-state index in [1.54, 1.807) is 0 Å². The molecule has 0 aliphatic heterocycles. The van der Waals surface area contributed by atoms with E-state index in [4.69, 9.17) is 9.97 Å². The summed E-state index contributed by atoms with van der Waals surface area (Å²) in [6, 6.07) is 69.7. The van der Waals surface area contributed by atoms with Crippen LogP contribution in [-0.4, -0.2) is 9.97 Å². The largest absolute Gasteiger partial charge is 0.228 e. The molecule has 0 saturated carbocycles. The van der Waals surface area contributed by atoms with Crippen LogP contribution in [0.2, 0.25) is 0 Å². The molecule has 9 aromatic rings. The lowest BCUT2D eigenvalue weighted by molar-refractivity contribution is 0.660. The Hall–Kier alpha value is -6.90. The van der Waals surface area contributed by atoms with Gasteiger partial charge in [0, 0.05) is 22.1 Å². The van der Waals surface area contributed by atoms with Crippen molar-refractivity contribution in [1.29, 1.82) is 0 Å². The first kappa shape index (κ1) is 32.7. The summed E-state index contributed by atoms with van der Waals surface area (Å²) in [5.74, 6) is 0.717. The Morgan fingerprint density at radius 3 is 1.71 bits per heavy atom. The second kappa shape index (κ2) is 13.2. The van der Waals surface area contributed by atoms with Gasteiger partial charge >= 0.3 is 0 Å². The van der Waals surface area contributed by atoms with Crippen molar-refractivity contribution in [2.45, 2.75) is 19.3 Å². The molecule has 8 aromatic carbocycles. The smallest absolute Gasteiger partial charge is 0.160 e. The number of nitrogens with zero attached hydrogens (tertiary/aromatic N) is 2. The van der Waals surface area contributed by atoms with Crippen LogP contribution in [0.5, 0.6) is 0 Å². The highest BCUT2D eigenvalue weighted by Crippen LogP contribution is 2.52. The molecule has 1 aliphatic carbocycles. The molecule has 1 heterocycles. The highest BCUT2D eigenvalue weighted by molar-refractivity contribution is 6.02. The lowest BCUT2D eigenvalue weighted by atomic mass is 9.80. The summed E-state index contributed by atoms with van der Waals surface area (Å²) in [6.45, 7) is 4.72. The van der Waals surface area contributed by atoms with Crippen molar-refractivity contribution in [3.05, 3.63) is 205 Å². The van der Waals surface area contributed by atoms with Gasteiger partial charge in [0.1, 0.15) is 0 Å². The van der Waals surface area contributed by atoms with Crippen molar-refractivity contribution >= 4 is 10.8 Å². The standard InChI is InChI=1S/C53H38N2/c1-53(2)48-26-12-11-24-44(48)47-32-46(43-25-14-20-36-15-9-10-23-42(36)43)45(33-49(47)53)37-29-27-35(28-30-37)40-21-13-22-41(31-40)51-34-50(38-16-5-3-6-17-38)54-52(55-51)39-18-7-4-8-19-39/h3-34H,1-2H3. The fourth-order valence-electron chi connectivity index (χ4n) is 8.44. The van der Waals surface area contributed by atoms with Crippen LogP contribution in [-0.2, 0) is 5.41 Å². The molecule has 1 aliphatic rings. The number of benzene rings is 8. The van der Waals surface area contributed by atoms with Crippen molar-refractivity contribution in [2.24, 2.45) is 0 Å². The van der Waals surface area contributed by atoms with E-state index in [1.807, 2.05) is 24.3 Å². The fraction of sp³-hybridized carbons (Fsp3) is 0.0566. The number of hydrogen-bond donors (Lipinski definition) is 0. The maximum atomic E-state index is 5.09. The first-order valence-corrected chi connectivity index (χ1v) is 19.0. The molecule has 0 bridgehead atoms. The summed E-state index contributed by atoms with van der Waals surface area (Å²) < 4.78 is 0. The van der Waals surface area contributed by atoms with Gasteiger partial charge in [-0.05, 0) is 90.7 Å². The van der Waals surface area contributed by atoms with Crippen LogP contribution in [0, 0.1) is 0 Å². The van der Waals surface area contributed by atoms with E-state index in [1.165, 1.54) is 55.3 Å². The average Bonchev–Trinajstić information content (AvgIpc) is 3.48. The molecule has 0 N–H and O–H groups in total. The van der Waals surface area contributed by atoms with Crippen LogP contribution in [0.15, 0.2) is 194 Å². The van der Waals surface area contributed by atoms with Crippen molar-refractivity contribution in [3.8, 4) is 78.4 Å². The molecule has 55 heavy (non-hydrogen) atoms. The van der Waals surface area contributed by atoms with E-state index in [2.05, 4.69) is 184 Å². The summed E-state index contributed by atoms with van der Waals surface area (Å²) in [7, 11) is 0. The maximum absolute atomic E-state index is 5.09. The minimum atomic E-state index is -0.0971. The second-order valence-electron chi connectivity index (χ2n) is 15.0. The molecule has 260 valence electrons. The molecule has 0 atom stereocenters. The Morgan fingerprint density at radius 2 is 0.909 bits per heavy atom. The lowest BCUT2D eigenvalue weighted by Gasteiger charge is -2.23. The van der Waals surface area contributed by atoms with Crippen molar-refractivity contribution in [3.63, 3.8) is 0 Å². The Kier molecular flexibility index (Phi) is 7.85. The third-order valence-electron chi connectivity index (χ3n) is 11.3. The second-order valence-corrected chi connectivity index (χ2v) is 15.0. The van der Waals surface area contributed by atoms with Gasteiger partial charge in [0.05, 0.1) is 11.4 Å². The van der Waals surface area contributed by atoms with Gasteiger partial charge in [-0.3, -0.25) is 0 Å². The molecule has 0 saturated heterocycles. The van der Waals surface area contributed by atoms with Gasteiger partial charge in [0.25, 0.3) is 0 Å². The van der Waals surface area contributed by atoms with E-state index in [-0.39, 0.29) is 5.41 Å². The van der Waals surface area contributed by atoms with Gasteiger partial charge in [-0.25, -0.2) is 9.97 Å². The molecule has 0 unspecified atom stereocenters. The van der Waals surface area contributed by atoms with Gasteiger partial charge in [-0.2, -0.15) is 0 Å². The zero-order valence-corrected chi connectivity index (χ0v) is 30.9. The van der Waals surface area contributed by atoms with Gasteiger partial charge in [-0.15, -0.1) is 0 Å². The van der Waals surface area contributed by atoms with E-state index < -0.39 is 0 Å². The molecule has 0 radical (unpaired) electrons. The molecular formula is C53H38N2. The summed E-state index contributed by atoms with van der Waals surface area (Å²) in [5.41, 5.74) is 17.5. The Labute approximate surface area is 322 Å². The highest BCUT2D eigenvalue weighted by atomic mass is 14.9. The SMILES string of the molecule is CC1(C)c2ccccc2-c2cc(-c3cccc4ccccc34)c(-c3ccc(-c4cccc(-c5cc(-c6ccccc6)nc(-c6ccccc6)n5)c4)cc3)cc21. The minimum Gasteiger partial charge on any atom is -0.228 e. The van der Waals surface area contributed by atoms with Gasteiger partial charge < -0.3 is 0 Å². The molecule has 0 fully saturated rings. The fourth-order valence-corrected chi connectivity index (χ4v) is 8.44. The monoisotopic (exact) mass is 702 g/mol. The maximum Gasteiger partial charge on any atom is 0.160 e. The zero-order chi connectivity index (χ0) is 36.9. The Morgan fingerprint density at radius 1 is 0.327 bits per heavy atom. The summed E-state index contributed by atoms with van der Waals surface area (Å²) >= 11 is 0. The van der Waals surface area contributed by atoms with Crippen molar-refractivity contribution in [2.75, 3.05) is 0 Å². The van der Waals surface area contributed by atoms with Gasteiger partial charge in [-0.1, -0.05) is 184 Å². The molecule has 0 spiro atoms. The average molecular weight is 703 g/mol. The zero-order valence-electron chi connectivity index (χ0n) is 30.9. The third kappa shape index (κ3) is 5.75. The molecule has 1 aromatic heterocycles. The summed E-state index contributed by atoms with van der Waals surface area (Å²) in [5, 5.41) is 2.51. The third-order valence-corrected chi connectivity index (χ3v) is 11.3. The number of rotatable bonds is 6. The Bertz CT molecular complexity index is 2810. The molecule has 2 nitrogen and oxygen atoms in total. The molecular weight excluding hydrogens is 665 g/mol. The summed E-state index contributed by atoms with van der Waals surface area (Å²) in [6.07, 6.45) is 0. The van der Waals surface area contributed by atoms with Crippen LogP contribution >= 0.6 is 0 Å². The van der Waals surface area contributed by atoms with Crippen LogP contribution in [0.3, 0.4) is 0 Å².